The Morgan fingerprint density at radius 1 is 1.23 bits per heavy atom. The minimum Gasteiger partial charge on any atom is -0.354 e. The van der Waals surface area contributed by atoms with Gasteiger partial charge in [-0.2, -0.15) is 0 Å². The average molecular weight is 309 g/mol. The number of nitrogens with one attached hydrogen (secondary N) is 1. The molecule has 22 heavy (non-hydrogen) atoms. The molecule has 0 heterocycles. The highest BCUT2D eigenvalue weighted by Gasteiger charge is 2.41. The van der Waals surface area contributed by atoms with Gasteiger partial charge in [-0.05, 0) is 37.5 Å². The van der Waals surface area contributed by atoms with Crippen molar-refractivity contribution >= 4 is 11.8 Å². The number of carbonyl (C=O) groups is 2. The SMILES string of the molecule is CC(C)C(=O)NCCN(C)C(=O)C1CC2CCCC(C1)C2N. The van der Waals surface area contributed by atoms with Crippen molar-refractivity contribution < 1.29 is 9.59 Å². The van der Waals surface area contributed by atoms with Crippen LogP contribution < -0.4 is 11.1 Å². The topological polar surface area (TPSA) is 75.4 Å². The van der Waals surface area contributed by atoms with E-state index in [1.54, 1.807) is 4.90 Å². The Morgan fingerprint density at radius 2 is 1.82 bits per heavy atom. The molecule has 0 saturated heterocycles. The Morgan fingerprint density at radius 3 is 2.36 bits per heavy atom. The quantitative estimate of drug-likeness (QED) is 0.805. The first kappa shape index (κ1) is 17.3. The van der Waals surface area contributed by atoms with E-state index < -0.39 is 0 Å². The first-order chi connectivity index (χ1) is 10.4. The molecule has 2 aliphatic rings. The molecule has 0 aliphatic heterocycles. The van der Waals surface area contributed by atoms with Crippen LogP contribution >= 0.6 is 0 Å². The molecule has 0 aromatic carbocycles. The van der Waals surface area contributed by atoms with Gasteiger partial charge in [-0.15, -0.1) is 0 Å². The molecule has 2 saturated carbocycles. The van der Waals surface area contributed by atoms with Gasteiger partial charge in [0, 0.05) is 38.0 Å². The van der Waals surface area contributed by atoms with Crippen molar-refractivity contribution in [2.75, 3.05) is 20.1 Å². The fraction of sp³-hybridized carbons (Fsp3) is 0.882. The third-order valence-electron chi connectivity index (χ3n) is 5.41. The van der Waals surface area contributed by atoms with Crippen molar-refractivity contribution in [3.05, 3.63) is 0 Å². The number of hydrogen-bond acceptors (Lipinski definition) is 3. The van der Waals surface area contributed by atoms with Crippen LogP contribution in [0.2, 0.25) is 0 Å². The third kappa shape index (κ3) is 4.00. The van der Waals surface area contributed by atoms with E-state index in [4.69, 9.17) is 5.73 Å². The summed E-state index contributed by atoms with van der Waals surface area (Å²) in [5.74, 6) is 1.42. The van der Waals surface area contributed by atoms with Crippen molar-refractivity contribution in [2.24, 2.45) is 29.4 Å². The first-order valence-corrected chi connectivity index (χ1v) is 8.68. The molecule has 0 aromatic rings. The van der Waals surface area contributed by atoms with Crippen LogP contribution in [0.25, 0.3) is 0 Å². The largest absolute Gasteiger partial charge is 0.354 e. The highest BCUT2D eigenvalue weighted by Crippen LogP contribution is 2.42. The zero-order valence-electron chi connectivity index (χ0n) is 14.2. The van der Waals surface area contributed by atoms with Crippen molar-refractivity contribution in [2.45, 2.75) is 52.0 Å². The van der Waals surface area contributed by atoms with Gasteiger partial charge >= 0.3 is 0 Å². The van der Waals surface area contributed by atoms with Gasteiger partial charge in [0.05, 0.1) is 0 Å². The Hall–Kier alpha value is -1.10. The number of rotatable bonds is 5. The molecule has 2 atom stereocenters. The molecule has 5 heteroatoms. The summed E-state index contributed by atoms with van der Waals surface area (Å²) in [5.41, 5.74) is 6.29. The molecule has 0 aromatic heterocycles. The van der Waals surface area contributed by atoms with Crippen LogP contribution in [0.3, 0.4) is 0 Å². The van der Waals surface area contributed by atoms with Crippen LogP contribution in [0.15, 0.2) is 0 Å². The van der Waals surface area contributed by atoms with Crippen molar-refractivity contribution in [1.82, 2.24) is 10.2 Å². The first-order valence-electron chi connectivity index (χ1n) is 8.68. The van der Waals surface area contributed by atoms with Gasteiger partial charge in [0.1, 0.15) is 0 Å². The summed E-state index contributed by atoms with van der Waals surface area (Å²) in [6, 6.07) is 0.299. The summed E-state index contributed by atoms with van der Waals surface area (Å²) in [7, 11) is 1.84. The molecule has 2 amide bonds. The molecule has 2 fully saturated rings. The molecular formula is C17H31N3O2. The van der Waals surface area contributed by atoms with E-state index in [1.807, 2.05) is 20.9 Å². The normalized spacial score (nSPS) is 31.0. The number of amides is 2. The van der Waals surface area contributed by atoms with Gasteiger partial charge in [0.25, 0.3) is 0 Å². The second-order valence-corrected chi connectivity index (χ2v) is 7.40. The summed E-state index contributed by atoms with van der Waals surface area (Å²) in [4.78, 5) is 25.9. The summed E-state index contributed by atoms with van der Waals surface area (Å²) in [6.45, 7) is 4.84. The third-order valence-corrected chi connectivity index (χ3v) is 5.41. The zero-order valence-corrected chi connectivity index (χ0v) is 14.2. The lowest BCUT2D eigenvalue weighted by molar-refractivity contribution is -0.137. The Labute approximate surface area is 134 Å². The molecular weight excluding hydrogens is 278 g/mol. The summed E-state index contributed by atoms with van der Waals surface area (Å²) < 4.78 is 0. The zero-order chi connectivity index (χ0) is 16.3. The smallest absolute Gasteiger partial charge is 0.225 e. The predicted octanol–water partition coefficient (Wildman–Crippen LogP) is 1.37. The average Bonchev–Trinajstić information content (AvgIpc) is 2.45. The minimum absolute atomic E-state index is 0.0137. The predicted molar refractivity (Wildman–Crippen MR) is 87.0 cm³/mol. The maximum atomic E-state index is 12.6. The Kier molecular flexibility index (Phi) is 5.84. The number of hydrogen-bond donors (Lipinski definition) is 2. The van der Waals surface area contributed by atoms with E-state index >= 15 is 0 Å². The maximum absolute atomic E-state index is 12.6. The van der Waals surface area contributed by atoms with Gasteiger partial charge in [-0.3, -0.25) is 9.59 Å². The molecule has 2 rings (SSSR count). The van der Waals surface area contributed by atoms with Crippen LogP contribution in [-0.4, -0.2) is 42.9 Å². The van der Waals surface area contributed by atoms with Crippen molar-refractivity contribution in [3.8, 4) is 0 Å². The number of fused-ring (bicyclic) bond motifs is 2. The fourth-order valence-corrected chi connectivity index (χ4v) is 3.96. The molecule has 2 unspecified atom stereocenters. The fourth-order valence-electron chi connectivity index (χ4n) is 3.96. The van der Waals surface area contributed by atoms with Gasteiger partial charge in [-0.1, -0.05) is 20.3 Å². The lowest BCUT2D eigenvalue weighted by Crippen LogP contribution is -2.49. The Balaban J connectivity index is 1.80. The second kappa shape index (κ2) is 7.44. The number of carbonyl (C=O) groups excluding carboxylic acids is 2. The van der Waals surface area contributed by atoms with Gasteiger partial charge in [0.2, 0.25) is 11.8 Å². The van der Waals surface area contributed by atoms with Crippen LogP contribution in [-0.2, 0) is 9.59 Å². The van der Waals surface area contributed by atoms with E-state index in [9.17, 15) is 9.59 Å². The molecule has 2 bridgehead atoms. The Bertz CT molecular complexity index is 397. The second-order valence-electron chi connectivity index (χ2n) is 7.40. The summed E-state index contributed by atoms with van der Waals surface area (Å²) in [6.07, 6.45) is 5.50. The van der Waals surface area contributed by atoms with Crippen LogP contribution in [0, 0.1) is 23.7 Å². The van der Waals surface area contributed by atoms with Gasteiger partial charge in [0.15, 0.2) is 0 Å². The lowest BCUT2D eigenvalue weighted by atomic mass is 9.65. The van der Waals surface area contributed by atoms with Crippen LogP contribution in [0.4, 0.5) is 0 Å². The monoisotopic (exact) mass is 309 g/mol. The van der Waals surface area contributed by atoms with E-state index in [0.29, 0.717) is 31.0 Å². The summed E-state index contributed by atoms with van der Waals surface area (Å²) >= 11 is 0. The molecule has 2 aliphatic carbocycles. The standard InChI is InChI=1S/C17H31N3O2/c1-11(2)16(21)19-7-8-20(3)17(22)14-9-12-5-4-6-13(10-14)15(12)18/h11-15H,4-10,18H2,1-3H3,(H,19,21). The summed E-state index contributed by atoms with van der Waals surface area (Å²) in [5, 5.41) is 2.86. The molecule has 0 radical (unpaired) electrons. The maximum Gasteiger partial charge on any atom is 0.225 e. The molecule has 3 N–H and O–H groups in total. The number of nitrogens with zero attached hydrogens (tertiary/aromatic N) is 1. The van der Waals surface area contributed by atoms with Gasteiger partial charge < -0.3 is 16.0 Å². The van der Waals surface area contributed by atoms with Crippen molar-refractivity contribution in [3.63, 3.8) is 0 Å². The highest BCUT2D eigenvalue weighted by atomic mass is 16.2. The molecule has 0 spiro atoms. The minimum atomic E-state index is -0.0137. The lowest BCUT2D eigenvalue weighted by Gasteiger charge is -2.44. The molecule has 126 valence electrons. The molecule has 5 nitrogen and oxygen atoms in total. The number of nitrogens with two attached hydrogens (primary N) is 1. The van der Waals surface area contributed by atoms with Crippen LogP contribution in [0.1, 0.15) is 46.0 Å². The highest BCUT2D eigenvalue weighted by molar-refractivity contribution is 5.79. The van der Waals surface area contributed by atoms with Gasteiger partial charge in [-0.25, -0.2) is 0 Å². The van der Waals surface area contributed by atoms with E-state index in [-0.39, 0.29) is 23.7 Å². The van der Waals surface area contributed by atoms with E-state index in [2.05, 4.69) is 5.32 Å². The van der Waals surface area contributed by atoms with E-state index in [0.717, 1.165) is 12.8 Å². The van der Waals surface area contributed by atoms with Crippen molar-refractivity contribution in [1.29, 1.82) is 0 Å². The van der Waals surface area contributed by atoms with Crippen LogP contribution in [0.5, 0.6) is 0 Å². The number of likely N-dealkylation sites (N-methyl/N-ethyl adjacent to an activating group) is 1. The van der Waals surface area contributed by atoms with E-state index in [1.165, 1.54) is 19.3 Å².